The van der Waals surface area contributed by atoms with Gasteiger partial charge in [0.1, 0.15) is 0 Å². The van der Waals surface area contributed by atoms with Crippen LogP contribution in [0.3, 0.4) is 0 Å². The van der Waals surface area contributed by atoms with Crippen molar-refractivity contribution in [1.82, 2.24) is 9.80 Å². The molecule has 0 saturated heterocycles. The van der Waals surface area contributed by atoms with Gasteiger partial charge in [-0.25, -0.2) is 13.6 Å². The van der Waals surface area contributed by atoms with Crippen LogP contribution in [0.25, 0.3) is 0 Å². The molecule has 140 valence electrons. The Morgan fingerprint density at radius 2 is 1.76 bits per heavy atom. The average molecular weight is 370 g/mol. The van der Waals surface area contributed by atoms with E-state index in [1.54, 1.807) is 35.9 Å². The maximum Gasteiger partial charge on any atom is 0.238 e. The van der Waals surface area contributed by atoms with Crippen molar-refractivity contribution >= 4 is 27.5 Å². The van der Waals surface area contributed by atoms with Gasteiger partial charge in [0.2, 0.25) is 21.8 Å². The summed E-state index contributed by atoms with van der Waals surface area (Å²) in [5, 5.41) is 7.77. The lowest BCUT2D eigenvalue weighted by Crippen LogP contribution is -2.41. The monoisotopic (exact) mass is 370 g/mol. The molecule has 1 aromatic carbocycles. The van der Waals surface area contributed by atoms with Gasteiger partial charge >= 0.3 is 0 Å². The molecule has 0 unspecified atom stereocenters. The van der Waals surface area contributed by atoms with Crippen molar-refractivity contribution in [1.29, 1.82) is 0 Å². The first-order chi connectivity index (χ1) is 11.6. The number of nitrogens with one attached hydrogen (secondary N) is 1. The van der Waals surface area contributed by atoms with E-state index in [0.29, 0.717) is 24.3 Å². The summed E-state index contributed by atoms with van der Waals surface area (Å²) < 4.78 is 23.1. The molecule has 0 radical (unpaired) electrons. The van der Waals surface area contributed by atoms with Crippen molar-refractivity contribution in [3.63, 3.8) is 0 Å². The first kappa shape index (κ1) is 21.1. The fourth-order valence-electron chi connectivity index (χ4n) is 2.39. The van der Waals surface area contributed by atoms with E-state index in [2.05, 4.69) is 5.32 Å². The minimum atomic E-state index is -3.86. The molecular weight excluding hydrogens is 344 g/mol. The number of amides is 2. The van der Waals surface area contributed by atoms with Gasteiger partial charge in [-0.05, 0) is 45.5 Å². The lowest BCUT2D eigenvalue weighted by atomic mass is 10.2. The standard InChI is InChI=1S/C16H26N4O4S/c1-5-20(6-2)16(22)11-19(4)10-15(21)18-13-8-7-12(3)14(9-13)25(17,23)24/h7-9H,5-6,10-11H2,1-4H3,(H,18,21)(H2,17,23,24). The molecule has 0 atom stereocenters. The Morgan fingerprint density at radius 3 is 2.28 bits per heavy atom. The Labute approximate surface area is 149 Å². The highest BCUT2D eigenvalue weighted by atomic mass is 32.2. The number of nitrogens with two attached hydrogens (primary N) is 1. The normalized spacial score (nSPS) is 11.4. The molecule has 0 bridgehead atoms. The maximum absolute atomic E-state index is 12.1. The zero-order valence-corrected chi connectivity index (χ0v) is 15.9. The van der Waals surface area contributed by atoms with Gasteiger partial charge in [0, 0.05) is 18.8 Å². The van der Waals surface area contributed by atoms with Crippen LogP contribution in [0.15, 0.2) is 23.1 Å². The second-order valence-corrected chi connectivity index (χ2v) is 7.34. The summed E-state index contributed by atoms with van der Waals surface area (Å²) in [6, 6.07) is 4.50. The van der Waals surface area contributed by atoms with E-state index < -0.39 is 10.0 Å². The number of hydrogen-bond acceptors (Lipinski definition) is 5. The van der Waals surface area contributed by atoms with E-state index in [4.69, 9.17) is 5.14 Å². The summed E-state index contributed by atoms with van der Waals surface area (Å²) in [4.78, 5) is 27.4. The van der Waals surface area contributed by atoms with Crippen LogP contribution in [0, 0.1) is 6.92 Å². The number of sulfonamides is 1. The number of carbonyl (C=O) groups is 2. The molecule has 1 aromatic rings. The molecule has 0 aliphatic heterocycles. The molecule has 0 aliphatic carbocycles. The van der Waals surface area contributed by atoms with Gasteiger partial charge in [0.25, 0.3) is 0 Å². The molecule has 0 spiro atoms. The van der Waals surface area contributed by atoms with Crippen molar-refractivity contribution < 1.29 is 18.0 Å². The average Bonchev–Trinajstić information content (AvgIpc) is 2.48. The first-order valence-corrected chi connectivity index (χ1v) is 9.52. The lowest BCUT2D eigenvalue weighted by Gasteiger charge is -2.22. The Kier molecular flexibility index (Phi) is 7.53. The molecule has 0 heterocycles. The summed E-state index contributed by atoms with van der Waals surface area (Å²) in [5.41, 5.74) is 0.838. The summed E-state index contributed by atoms with van der Waals surface area (Å²) in [6.07, 6.45) is 0. The van der Waals surface area contributed by atoms with Crippen molar-refractivity contribution in [2.45, 2.75) is 25.7 Å². The van der Waals surface area contributed by atoms with Crippen molar-refractivity contribution in [3.05, 3.63) is 23.8 Å². The quantitative estimate of drug-likeness (QED) is 0.687. The van der Waals surface area contributed by atoms with Crippen LogP contribution in [0.1, 0.15) is 19.4 Å². The van der Waals surface area contributed by atoms with E-state index in [1.807, 2.05) is 13.8 Å². The predicted molar refractivity (Wildman–Crippen MR) is 96.6 cm³/mol. The van der Waals surface area contributed by atoms with Crippen LogP contribution in [0.4, 0.5) is 5.69 Å². The Hall–Kier alpha value is -1.97. The van der Waals surface area contributed by atoms with Gasteiger partial charge in [-0.15, -0.1) is 0 Å². The highest BCUT2D eigenvalue weighted by Gasteiger charge is 2.16. The van der Waals surface area contributed by atoms with E-state index >= 15 is 0 Å². The molecule has 0 aromatic heterocycles. The molecule has 25 heavy (non-hydrogen) atoms. The third kappa shape index (κ3) is 6.45. The van der Waals surface area contributed by atoms with Crippen molar-refractivity contribution in [2.75, 3.05) is 38.5 Å². The second kappa shape index (κ2) is 8.93. The smallest absolute Gasteiger partial charge is 0.238 e. The summed E-state index contributed by atoms with van der Waals surface area (Å²) in [5.74, 6) is -0.397. The largest absolute Gasteiger partial charge is 0.342 e. The van der Waals surface area contributed by atoms with Crippen LogP contribution in [-0.4, -0.2) is 63.3 Å². The summed E-state index contributed by atoms with van der Waals surface area (Å²) in [7, 11) is -2.19. The summed E-state index contributed by atoms with van der Waals surface area (Å²) in [6.45, 7) is 6.79. The molecular formula is C16H26N4O4S. The number of aryl methyl sites for hydroxylation is 1. The number of anilines is 1. The number of nitrogens with zero attached hydrogens (tertiary/aromatic N) is 2. The van der Waals surface area contributed by atoms with Crippen LogP contribution < -0.4 is 10.5 Å². The Morgan fingerprint density at radius 1 is 1.16 bits per heavy atom. The van der Waals surface area contributed by atoms with Gasteiger partial charge in [0.15, 0.2) is 0 Å². The van der Waals surface area contributed by atoms with Crippen LogP contribution >= 0.6 is 0 Å². The third-order valence-corrected chi connectivity index (χ3v) is 4.77. The van der Waals surface area contributed by atoms with Gasteiger partial charge < -0.3 is 10.2 Å². The molecule has 0 saturated carbocycles. The number of hydrogen-bond donors (Lipinski definition) is 2. The van der Waals surface area contributed by atoms with Crippen LogP contribution in [0.2, 0.25) is 0 Å². The number of rotatable bonds is 8. The minimum absolute atomic E-state index is 0.00555. The predicted octanol–water partition coefficient (Wildman–Crippen LogP) is 0.381. The van der Waals surface area contributed by atoms with Gasteiger partial charge in [-0.3, -0.25) is 14.5 Å². The molecule has 8 nitrogen and oxygen atoms in total. The highest BCUT2D eigenvalue weighted by molar-refractivity contribution is 7.89. The number of primary sulfonamides is 1. The molecule has 0 fully saturated rings. The van der Waals surface area contributed by atoms with E-state index in [9.17, 15) is 18.0 Å². The summed E-state index contributed by atoms with van der Waals surface area (Å²) >= 11 is 0. The molecule has 0 aliphatic rings. The zero-order valence-electron chi connectivity index (χ0n) is 15.1. The Balaban J connectivity index is 2.70. The number of carbonyl (C=O) groups excluding carboxylic acids is 2. The van der Waals surface area contributed by atoms with Crippen LogP contribution in [-0.2, 0) is 19.6 Å². The molecule has 3 N–H and O–H groups in total. The van der Waals surface area contributed by atoms with Gasteiger partial charge in [0.05, 0.1) is 18.0 Å². The van der Waals surface area contributed by atoms with Crippen molar-refractivity contribution in [2.24, 2.45) is 5.14 Å². The fourth-order valence-corrected chi connectivity index (χ4v) is 3.20. The molecule has 1 rings (SSSR count). The highest BCUT2D eigenvalue weighted by Crippen LogP contribution is 2.18. The first-order valence-electron chi connectivity index (χ1n) is 7.98. The number of benzene rings is 1. The van der Waals surface area contributed by atoms with Gasteiger partial charge in [-0.2, -0.15) is 0 Å². The van der Waals surface area contributed by atoms with Crippen LogP contribution in [0.5, 0.6) is 0 Å². The fraction of sp³-hybridized carbons (Fsp3) is 0.500. The molecule has 2 amide bonds. The Bertz CT molecular complexity index is 730. The minimum Gasteiger partial charge on any atom is -0.342 e. The topological polar surface area (TPSA) is 113 Å². The van der Waals surface area contributed by atoms with E-state index in [-0.39, 0.29) is 29.8 Å². The number of likely N-dealkylation sites (N-methyl/N-ethyl adjacent to an activating group) is 2. The zero-order chi connectivity index (χ0) is 19.2. The van der Waals surface area contributed by atoms with Gasteiger partial charge in [-0.1, -0.05) is 6.07 Å². The maximum atomic E-state index is 12.1. The third-order valence-electron chi connectivity index (χ3n) is 3.71. The molecule has 9 heteroatoms. The van der Waals surface area contributed by atoms with E-state index in [1.165, 1.54) is 6.07 Å². The second-order valence-electron chi connectivity index (χ2n) is 5.81. The van der Waals surface area contributed by atoms with Crippen molar-refractivity contribution in [3.8, 4) is 0 Å². The lowest BCUT2D eigenvalue weighted by molar-refractivity contribution is -0.132. The van der Waals surface area contributed by atoms with E-state index in [0.717, 1.165) is 0 Å². The SMILES string of the molecule is CCN(CC)C(=O)CN(C)CC(=O)Nc1ccc(C)c(S(N)(=O)=O)c1.